The summed E-state index contributed by atoms with van der Waals surface area (Å²) in [6.07, 6.45) is 1.88. The Labute approximate surface area is 168 Å². The van der Waals surface area contributed by atoms with E-state index in [0.717, 1.165) is 22.7 Å². The van der Waals surface area contributed by atoms with Gasteiger partial charge in [-0.25, -0.2) is 4.99 Å². The topological polar surface area (TPSA) is 41.9 Å². The number of thioether (sulfide) groups is 1. The van der Waals surface area contributed by atoms with Crippen LogP contribution in [0.4, 0.5) is 11.4 Å². The van der Waals surface area contributed by atoms with Gasteiger partial charge in [-0.2, -0.15) is 0 Å². The molecule has 0 spiro atoms. The van der Waals surface area contributed by atoms with E-state index in [1.54, 1.807) is 12.0 Å². The van der Waals surface area contributed by atoms with Crippen LogP contribution in [0.2, 0.25) is 0 Å². The molecule has 0 radical (unpaired) electrons. The highest BCUT2D eigenvalue weighted by molar-refractivity contribution is 8.19. The quantitative estimate of drug-likeness (QED) is 0.556. The first kappa shape index (κ1) is 18.1. The first-order valence-corrected chi connectivity index (χ1v) is 9.63. The van der Waals surface area contributed by atoms with Gasteiger partial charge in [0.1, 0.15) is 5.75 Å². The van der Waals surface area contributed by atoms with Crippen LogP contribution in [0, 0.1) is 0 Å². The molecule has 1 heterocycles. The molecule has 3 aromatic carbocycles. The highest BCUT2D eigenvalue weighted by atomic mass is 32.2. The van der Waals surface area contributed by atoms with E-state index in [4.69, 9.17) is 9.73 Å². The van der Waals surface area contributed by atoms with Crippen molar-refractivity contribution in [2.75, 3.05) is 12.0 Å². The normalized spacial score (nSPS) is 16.8. The van der Waals surface area contributed by atoms with Crippen molar-refractivity contribution in [2.45, 2.75) is 0 Å². The number of aliphatic imine (C=N–C) groups is 1. The number of anilines is 1. The van der Waals surface area contributed by atoms with Gasteiger partial charge in [0.15, 0.2) is 5.17 Å². The number of para-hydroxylation sites is 2. The second-order valence-electron chi connectivity index (χ2n) is 6.09. The molecule has 1 aliphatic rings. The first-order chi connectivity index (χ1) is 13.7. The maximum absolute atomic E-state index is 13.2. The maximum Gasteiger partial charge on any atom is 0.271 e. The van der Waals surface area contributed by atoms with Gasteiger partial charge in [0.25, 0.3) is 5.91 Å². The van der Waals surface area contributed by atoms with Crippen LogP contribution in [-0.4, -0.2) is 18.2 Å². The minimum Gasteiger partial charge on any atom is -0.497 e. The number of carbonyl (C=O) groups excluding carboxylic acids is 1. The highest BCUT2D eigenvalue weighted by Gasteiger charge is 2.34. The molecule has 0 aromatic heterocycles. The Balaban J connectivity index is 1.73. The minimum absolute atomic E-state index is 0.0818. The van der Waals surface area contributed by atoms with Gasteiger partial charge < -0.3 is 4.74 Å². The number of hydrogen-bond donors (Lipinski definition) is 0. The number of ether oxygens (including phenoxy) is 1. The maximum atomic E-state index is 13.2. The lowest BCUT2D eigenvalue weighted by Gasteiger charge is -2.15. The van der Waals surface area contributed by atoms with E-state index < -0.39 is 0 Å². The van der Waals surface area contributed by atoms with Crippen molar-refractivity contribution in [3.8, 4) is 5.75 Å². The summed E-state index contributed by atoms with van der Waals surface area (Å²) in [6.45, 7) is 0. The number of rotatable bonds is 4. The predicted octanol–water partition coefficient (Wildman–Crippen LogP) is 5.50. The Bertz CT molecular complexity index is 1030. The molecule has 1 fully saturated rings. The van der Waals surface area contributed by atoms with Crippen LogP contribution in [0.25, 0.3) is 6.08 Å². The molecular formula is C23H18N2O2S. The number of carbonyl (C=O) groups is 1. The third-order valence-corrected chi connectivity index (χ3v) is 5.18. The van der Waals surface area contributed by atoms with Gasteiger partial charge >= 0.3 is 0 Å². The average Bonchev–Trinajstić information content (AvgIpc) is 3.04. The van der Waals surface area contributed by atoms with E-state index in [1.807, 2.05) is 91.0 Å². The monoisotopic (exact) mass is 386 g/mol. The number of nitrogens with zero attached hydrogens (tertiary/aromatic N) is 2. The molecule has 0 unspecified atom stereocenters. The van der Waals surface area contributed by atoms with Crippen molar-refractivity contribution in [1.82, 2.24) is 0 Å². The Morgan fingerprint density at radius 1 is 0.893 bits per heavy atom. The summed E-state index contributed by atoms with van der Waals surface area (Å²) >= 11 is 1.38. The van der Waals surface area contributed by atoms with E-state index in [0.29, 0.717) is 10.1 Å². The summed E-state index contributed by atoms with van der Waals surface area (Å²) in [6, 6.07) is 26.9. The lowest BCUT2D eigenvalue weighted by Crippen LogP contribution is -2.28. The lowest BCUT2D eigenvalue weighted by atomic mass is 10.2. The number of benzene rings is 3. The summed E-state index contributed by atoms with van der Waals surface area (Å²) in [7, 11) is 1.63. The van der Waals surface area contributed by atoms with Crippen LogP contribution < -0.4 is 9.64 Å². The van der Waals surface area contributed by atoms with E-state index in [2.05, 4.69) is 0 Å². The SMILES string of the molecule is COc1ccc(/C=C2\SC(=Nc3ccccc3)N(c3ccccc3)C2=O)cc1. The smallest absolute Gasteiger partial charge is 0.271 e. The van der Waals surface area contributed by atoms with E-state index >= 15 is 0 Å². The summed E-state index contributed by atoms with van der Waals surface area (Å²) in [5.74, 6) is 0.700. The van der Waals surface area contributed by atoms with Crippen molar-refractivity contribution < 1.29 is 9.53 Å². The molecular weight excluding hydrogens is 368 g/mol. The fraction of sp³-hybridized carbons (Fsp3) is 0.0435. The first-order valence-electron chi connectivity index (χ1n) is 8.81. The molecule has 5 heteroatoms. The third kappa shape index (κ3) is 3.85. The van der Waals surface area contributed by atoms with E-state index in [9.17, 15) is 4.79 Å². The number of hydrogen-bond acceptors (Lipinski definition) is 4. The van der Waals surface area contributed by atoms with Crippen molar-refractivity contribution in [3.63, 3.8) is 0 Å². The summed E-state index contributed by atoms with van der Waals surface area (Å²) in [4.78, 5) is 20.2. The second-order valence-corrected chi connectivity index (χ2v) is 7.10. The van der Waals surface area contributed by atoms with Gasteiger partial charge in [0.2, 0.25) is 0 Å². The van der Waals surface area contributed by atoms with Crippen LogP contribution in [-0.2, 0) is 4.79 Å². The van der Waals surface area contributed by atoms with E-state index in [-0.39, 0.29) is 5.91 Å². The molecule has 3 aromatic rings. The predicted molar refractivity (Wildman–Crippen MR) is 116 cm³/mol. The summed E-state index contributed by atoms with van der Waals surface area (Å²) < 4.78 is 5.20. The summed E-state index contributed by atoms with van der Waals surface area (Å²) in [5, 5.41) is 0.641. The van der Waals surface area contributed by atoms with Gasteiger partial charge in [0, 0.05) is 0 Å². The number of methoxy groups -OCH3 is 1. The van der Waals surface area contributed by atoms with Crippen molar-refractivity contribution in [2.24, 2.45) is 4.99 Å². The molecule has 4 nitrogen and oxygen atoms in total. The van der Waals surface area contributed by atoms with Gasteiger partial charge in [-0.15, -0.1) is 0 Å². The molecule has 1 saturated heterocycles. The molecule has 0 aliphatic carbocycles. The molecule has 138 valence electrons. The average molecular weight is 386 g/mol. The minimum atomic E-state index is -0.0818. The Morgan fingerprint density at radius 2 is 1.54 bits per heavy atom. The van der Waals surface area contributed by atoms with Crippen LogP contribution in [0.5, 0.6) is 5.75 Å². The zero-order valence-electron chi connectivity index (χ0n) is 15.3. The molecule has 0 atom stereocenters. The number of amidine groups is 1. The van der Waals surface area contributed by atoms with Crippen LogP contribution in [0.1, 0.15) is 5.56 Å². The van der Waals surface area contributed by atoms with Gasteiger partial charge in [-0.1, -0.05) is 48.5 Å². The zero-order valence-corrected chi connectivity index (χ0v) is 16.1. The van der Waals surface area contributed by atoms with Crippen LogP contribution in [0.15, 0.2) is 94.8 Å². The fourth-order valence-electron chi connectivity index (χ4n) is 2.82. The second kappa shape index (κ2) is 8.15. The molecule has 0 N–H and O–H groups in total. The zero-order chi connectivity index (χ0) is 19.3. The lowest BCUT2D eigenvalue weighted by molar-refractivity contribution is -0.113. The van der Waals surface area contributed by atoms with Gasteiger partial charge in [-0.3, -0.25) is 9.69 Å². The molecule has 4 rings (SSSR count). The largest absolute Gasteiger partial charge is 0.497 e. The van der Waals surface area contributed by atoms with Crippen molar-refractivity contribution in [1.29, 1.82) is 0 Å². The summed E-state index contributed by atoms with van der Waals surface area (Å²) in [5.41, 5.74) is 2.54. The molecule has 1 aliphatic heterocycles. The molecule has 28 heavy (non-hydrogen) atoms. The fourth-order valence-corrected chi connectivity index (χ4v) is 3.82. The molecule has 0 saturated carbocycles. The standard InChI is InChI=1S/C23H18N2O2S/c1-27-20-14-12-17(13-15-20)16-21-22(26)25(19-10-6-3-7-11-19)23(28-21)24-18-8-4-2-5-9-18/h2-16H,1H3/b21-16-,24-23?. The van der Waals surface area contributed by atoms with Crippen molar-refractivity contribution >= 4 is 40.3 Å². The molecule has 0 bridgehead atoms. The Kier molecular flexibility index (Phi) is 5.26. The van der Waals surface area contributed by atoms with Crippen molar-refractivity contribution in [3.05, 3.63) is 95.4 Å². The van der Waals surface area contributed by atoms with E-state index in [1.165, 1.54) is 11.8 Å². The Morgan fingerprint density at radius 3 is 2.18 bits per heavy atom. The third-order valence-electron chi connectivity index (χ3n) is 4.22. The highest BCUT2D eigenvalue weighted by Crippen LogP contribution is 2.37. The van der Waals surface area contributed by atoms with Crippen LogP contribution in [0.3, 0.4) is 0 Å². The van der Waals surface area contributed by atoms with Gasteiger partial charge in [0.05, 0.1) is 23.4 Å². The molecule has 1 amide bonds. The van der Waals surface area contributed by atoms with Crippen LogP contribution >= 0.6 is 11.8 Å². The van der Waals surface area contributed by atoms with Gasteiger partial charge in [-0.05, 0) is 59.8 Å². The number of amides is 1. The Hall–Kier alpha value is -3.31.